The molecule has 2 aromatic rings. The molecule has 0 bridgehead atoms. The van der Waals surface area contributed by atoms with Crippen LogP contribution >= 0.6 is 15.9 Å². The van der Waals surface area contributed by atoms with E-state index in [9.17, 15) is 9.18 Å². The summed E-state index contributed by atoms with van der Waals surface area (Å²) < 4.78 is 18.9. The minimum atomic E-state index is -0.379. The normalized spacial score (nSPS) is 10.3. The van der Waals surface area contributed by atoms with E-state index in [2.05, 4.69) is 15.9 Å². The lowest BCUT2D eigenvalue weighted by atomic mass is 10.1. The molecule has 2 N–H and O–H groups in total. The average Bonchev–Trinajstić information content (AvgIpc) is 2.35. The number of nitrogens with two attached hydrogens (primary N) is 1. The molecule has 0 unspecified atom stereocenters. The van der Waals surface area contributed by atoms with Crippen molar-refractivity contribution in [2.75, 3.05) is 5.73 Å². The highest BCUT2D eigenvalue weighted by atomic mass is 79.9. The molecule has 0 aliphatic carbocycles. The van der Waals surface area contributed by atoms with Gasteiger partial charge in [0.2, 0.25) is 0 Å². The van der Waals surface area contributed by atoms with Gasteiger partial charge in [0.1, 0.15) is 12.4 Å². The minimum Gasteiger partial charge on any atom is -0.461 e. The van der Waals surface area contributed by atoms with Crippen LogP contribution in [0.5, 0.6) is 0 Å². The molecule has 0 aliphatic rings. The molecule has 5 heteroatoms. The Hall–Kier alpha value is -1.88. The fourth-order valence-electron chi connectivity index (χ4n) is 1.78. The van der Waals surface area contributed by atoms with Crippen LogP contribution in [0.1, 0.15) is 11.1 Å². The molecule has 0 radical (unpaired) electrons. The highest BCUT2D eigenvalue weighted by Gasteiger charge is 2.07. The van der Waals surface area contributed by atoms with Gasteiger partial charge in [0, 0.05) is 10.2 Å². The third-order valence-electron chi connectivity index (χ3n) is 2.62. The smallest absolute Gasteiger partial charge is 0.310 e. The molecule has 0 spiro atoms. The van der Waals surface area contributed by atoms with E-state index in [1.807, 2.05) is 0 Å². The number of benzene rings is 2. The first-order chi connectivity index (χ1) is 9.52. The highest BCUT2D eigenvalue weighted by molar-refractivity contribution is 9.10. The van der Waals surface area contributed by atoms with Crippen LogP contribution in [-0.4, -0.2) is 5.97 Å². The number of carbonyl (C=O) groups is 1. The molecule has 20 heavy (non-hydrogen) atoms. The van der Waals surface area contributed by atoms with Gasteiger partial charge in [-0.1, -0.05) is 28.1 Å². The van der Waals surface area contributed by atoms with E-state index < -0.39 is 0 Å². The zero-order chi connectivity index (χ0) is 14.5. The second-order valence-corrected chi connectivity index (χ2v) is 5.28. The lowest BCUT2D eigenvalue weighted by Gasteiger charge is -2.06. The lowest BCUT2D eigenvalue weighted by molar-refractivity contribution is -0.144. The minimum absolute atomic E-state index is 0.0392. The molecule has 0 saturated heterocycles. The van der Waals surface area contributed by atoms with Crippen molar-refractivity contribution in [3.8, 4) is 0 Å². The fourth-order valence-corrected chi connectivity index (χ4v) is 2.29. The van der Waals surface area contributed by atoms with E-state index >= 15 is 0 Å². The van der Waals surface area contributed by atoms with Crippen LogP contribution in [-0.2, 0) is 22.6 Å². The van der Waals surface area contributed by atoms with Crippen LogP contribution in [0, 0.1) is 5.82 Å². The summed E-state index contributed by atoms with van der Waals surface area (Å²) in [5, 5.41) is 0. The molecule has 0 saturated carbocycles. The second kappa shape index (κ2) is 6.52. The molecule has 0 amide bonds. The van der Waals surface area contributed by atoms with Gasteiger partial charge < -0.3 is 10.5 Å². The van der Waals surface area contributed by atoms with Gasteiger partial charge in [-0.3, -0.25) is 4.79 Å². The maximum absolute atomic E-state index is 13.2. The zero-order valence-electron chi connectivity index (χ0n) is 10.6. The van der Waals surface area contributed by atoms with Crippen molar-refractivity contribution in [2.24, 2.45) is 0 Å². The van der Waals surface area contributed by atoms with Gasteiger partial charge in [0.05, 0.1) is 6.42 Å². The van der Waals surface area contributed by atoms with E-state index in [1.54, 1.807) is 30.3 Å². The molecular formula is C15H13BrFNO2. The standard InChI is InChI=1S/C15H13BrFNO2/c16-12-4-11(5-13(17)8-12)9-20-15(19)7-10-2-1-3-14(18)6-10/h1-6,8H,7,9,18H2. The summed E-state index contributed by atoms with van der Waals surface area (Å²) >= 11 is 3.19. The van der Waals surface area contributed by atoms with Gasteiger partial charge in [0.15, 0.2) is 0 Å². The number of carbonyl (C=O) groups excluding carboxylic acids is 1. The Morgan fingerprint density at radius 3 is 2.70 bits per heavy atom. The van der Waals surface area contributed by atoms with Crippen LogP contribution in [0.2, 0.25) is 0 Å². The maximum atomic E-state index is 13.2. The number of hydrogen-bond acceptors (Lipinski definition) is 3. The molecule has 3 nitrogen and oxygen atoms in total. The van der Waals surface area contributed by atoms with Crippen molar-refractivity contribution in [2.45, 2.75) is 13.0 Å². The molecule has 0 aliphatic heterocycles. The average molecular weight is 338 g/mol. The SMILES string of the molecule is Nc1cccc(CC(=O)OCc2cc(F)cc(Br)c2)c1. The molecule has 2 aromatic carbocycles. The summed E-state index contributed by atoms with van der Waals surface area (Å²) in [4.78, 5) is 11.7. The Morgan fingerprint density at radius 1 is 1.20 bits per heavy atom. The Labute approximate surface area is 124 Å². The quantitative estimate of drug-likeness (QED) is 0.686. The predicted molar refractivity (Wildman–Crippen MR) is 78.5 cm³/mol. The van der Waals surface area contributed by atoms with E-state index in [-0.39, 0.29) is 24.8 Å². The van der Waals surface area contributed by atoms with E-state index in [1.165, 1.54) is 12.1 Å². The van der Waals surface area contributed by atoms with Crippen LogP contribution in [0.3, 0.4) is 0 Å². The van der Waals surface area contributed by atoms with Gasteiger partial charge in [0.25, 0.3) is 0 Å². The molecule has 2 rings (SSSR count). The molecule has 0 heterocycles. The molecule has 0 aromatic heterocycles. The number of nitrogen functional groups attached to an aromatic ring is 1. The van der Waals surface area contributed by atoms with Crippen LogP contribution < -0.4 is 5.73 Å². The van der Waals surface area contributed by atoms with E-state index in [4.69, 9.17) is 10.5 Å². The Balaban J connectivity index is 1.92. The third-order valence-corrected chi connectivity index (χ3v) is 3.08. The van der Waals surface area contributed by atoms with Gasteiger partial charge >= 0.3 is 5.97 Å². The Bertz CT molecular complexity index is 611. The molecule has 0 atom stereocenters. The lowest BCUT2D eigenvalue weighted by Crippen LogP contribution is -2.08. The van der Waals surface area contributed by atoms with Crippen molar-refractivity contribution < 1.29 is 13.9 Å². The van der Waals surface area contributed by atoms with Gasteiger partial charge in [-0.2, -0.15) is 0 Å². The van der Waals surface area contributed by atoms with Crippen molar-refractivity contribution in [1.29, 1.82) is 0 Å². The monoisotopic (exact) mass is 337 g/mol. The van der Waals surface area contributed by atoms with Crippen LogP contribution in [0.15, 0.2) is 46.9 Å². The van der Waals surface area contributed by atoms with Crippen molar-refractivity contribution in [3.05, 3.63) is 63.9 Å². The number of anilines is 1. The van der Waals surface area contributed by atoms with Crippen LogP contribution in [0.4, 0.5) is 10.1 Å². The van der Waals surface area contributed by atoms with Crippen molar-refractivity contribution in [3.63, 3.8) is 0 Å². The number of halogens is 2. The molecular weight excluding hydrogens is 325 g/mol. The summed E-state index contributed by atoms with van der Waals surface area (Å²) in [7, 11) is 0. The van der Waals surface area contributed by atoms with Gasteiger partial charge in [-0.05, 0) is 41.5 Å². The summed E-state index contributed by atoms with van der Waals surface area (Å²) in [6.07, 6.45) is 0.140. The first-order valence-electron chi connectivity index (χ1n) is 5.98. The highest BCUT2D eigenvalue weighted by Crippen LogP contribution is 2.16. The maximum Gasteiger partial charge on any atom is 0.310 e. The van der Waals surface area contributed by atoms with Gasteiger partial charge in [-0.15, -0.1) is 0 Å². The first kappa shape index (κ1) is 14.5. The number of rotatable bonds is 4. The fraction of sp³-hybridized carbons (Fsp3) is 0.133. The Morgan fingerprint density at radius 2 is 2.00 bits per heavy atom. The topological polar surface area (TPSA) is 52.3 Å². The number of hydrogen-bond donors (Lipinski definition) is 1. The molecule has 104 valence electrons. The largest absolute Gasteiger partial charge is 0.461 e. The first-order valence-corrected chi connectivity index (χ1v) is 6.77. The van der Waals surface area contributed by atoms with Crippen molar-refractivity contribution >= 4 is 27.6 Å². The molecule has 0 fully saturated rings. The number of ether oxygens (including phenoxy) is 1. The Kier molecular flexibility index (Phi) is 4.74. The van der Waals surface area contributed by atoms with E-state index in [0.29, 0.717) is 15.7 Å². The second-order valence-electron chi connectivity index (χ2n) is 4.36. The zero-order valence-corrected chi connectivity index (χ0v) is 12.2. The summed E-state index contributed by atoms with van der Waals surface area (Å²) in [6, 6.07) is 11.4. The van der Waals surface area contributed by atoms with Crippen molar-refractivity contribution in [1.82, 2.24) is 0 Å². The summed E-state index contributed by atoms with van der Waals surface area (Å²) in [6.45, 7) is 0.0392. The third kappa shape index (κ3) is 4.35. The summed E-state index contributed by atoms with van der Waals surface area (Å²) in [5.41, 5.74) is 7.62. The van der Waals surface area contributed by atoms with E-state index in [0.717, 1.165) is 5.56 Å². The van der Waals surface area contributed by atoms with Gasteiger partial charge in [-0.25, -0.2) is 4.39 Å². The number of esters is 1. The van der Waals surface area contributed by atoms with Crippen LogP contribution in [0.25, 0.3) is 0 Å². The summed E-state index contributed by atoms with van der Waals surface area (Å²) in [5.74, 6) is -0.753. The predicted octanol–water partition coefficient (Wildman–Crippen LogP) is 3.46.